The maximum absolute atomic E-state index is 10.9. The first kappa shape index (κ1) is 8.92. The summed E-state index contributed by atoms with van der Waals surface area (Å²) in [5, 5.41) is 0. The first-order valence-electron chi connectivity index (χ1n) is 1.99. The van der Waals surface area contributed by atoms with Crippen molar-refractivity contribution < 1.29 is 13.9 Å². The molecule has 0 aromatic rings. The largest absolute Gasteiger partial charge is 0.381 e. The minimum Gasteiger partial charge on any atom is -0.307 e. The van der Waals surface area contributed by atoms with E-state index in [1.54, 1.807) is 6.26 Å². The van der Waals surface area contributed by atoms with E-state index in [1.807, 2.05) is 0 Å². The van der Waals surface area contributed by atoms with Crippen LogP contribution in [0.1, 0.15) is 0 Å². The molecule has 4 nitrogen and oxygen atoms in total. The molecule has 0 radical (unpaired) electrons. The van der Waals surface area contributed by atoms with E-state index >= 15 is 0 Å². The van der Waals surface area contributed by atoms with E-state index in [2.05, 4.69) is 9.29 Å². The molecule has 0 amide bonds. The van der Waals surface area contributed by atoms with Crippen LogP contribution < -0.4 is 0 Å². The van der Waals surface area contributed by atoms with Gasteiger partial charge in [-0.15, -0.1) is 4.76 Å². The molecule has 0 aliphatic heterocycles. The lowest BCUT2D eigenvalue weighted by molar-refractivity contribution is 0.410. The van der Waals surface area contributed by atoms with Crippen LogP contribution in [-0.4, -0.2) is 19.4 Å². The van der Waals surface area contributed by atoms with E-state index < -0.39 is 6.72 Å². The summed E-state index contributed by atoms with van der Waals surface area (Å²) in [6, 6.07) is 0. The van der Waals surface area contributed by atoms with Gasteiger partial charge in [0.15, 0.2) is 0 Å². The van der Waals surface area contributed by atoms with Crippen molar-refractivity contribution >= 4 is 24.2 Å². The Morgan fingerprint density at radius 3 is 2.44 bits per heavy atom. The third-order valence-electron chi connectivity index (χ3n) is 0.625. The molecule has 52 valence electrons. The molecule has 6 heteroatoms. The van der Waals surface area contributed by atoms with E-state index in [1.165, 1.54) is 13.2 Å². The highest BCUT2D eigenvalue weighted by atomic mass is 32.7. The molecule has 0 aliphatic rings. The van der Waals surface area contributed by atoms with Crippen LogP contribution in [0.15, 0.2) is 4.76 Å². The van der Waals surface area contributed by atoms with Gasteiger partial charge in [0.05, 0.1) is 0 Å². The molecule has 0 aromatic heterocycles. The standard InChI is InChI=1S/C3H6NO3PS/c1-7-8(6,9-2)4-3-5/h1-2H3. The Hall–Kier alpha value is -0.0800. The van der Waals surface area contributed by atoms with Gasteiger partial charge in [-0.3, -0.25) is 4.57 Å². The molecule has 0 aliphatic carbocycles. The van der Waals surface area contributed by atoms with Crippen molar-refractivity contribution in [2.24, 2.45) is 4.76 Å². The van der Waals surface area contributed by atoms with E-state index in [-0.39, 0.29) is 0 Å². The maximum Gasteiger partial charge on any atom is 0.381 e. The Kier molecular flexibility index (Phi) is 3.82. The average molecular weight is 167 g/mol. The topological polar surface area (TPSA) is 55.7 Å². The number of hydrogen-bond acceptors (Lipinski definition) is 4. The Balaban J connectivity index is 4.28. The average Bonchev–Trinajstić information content (AvgIpc) is 1.89. The Morgan fingerprint density at radius 1 is 1.78 bits per heavy atom. The van der Waals surface area contributed by atoms with Crippen LogP contribution in [0.5, 0.6) is 0 Å². The zero-order valence-corrected chi connectivity index (χ0v) is 6.74. The SMILES string of the molecule is COP(=O)(N=C=O)SC. The van der Waals surface area contributed by atoms with Crippen molar-refractivity contribution in [2.75, 3.05) is 13.4 Å². The molecule has 0 saturated carbocycles. The summed E-state index contributed by atoms with van der Waals surface area (Å²) < 4.78 is 18.3. The second-order valence-electron chi connectivity index (χ2n) is 1.02. The summed E-state index contributed by atoms with van der Waals surface area (Å²) in [7, 11) is 1.23. The normalized spacial score (nSPS) is 15.8. The summed E-state index contributed by atoms with van der Waals surface area (Å²) in [6.45, 7) is -3.06. The van der Waals surface area contributed by atoms with Crippen LogP contribution in [0, 0.1) is 0 Å². The molecule has 9 heavy (non-hydrogen) atoms. The fourth-order valence-corrected chi connectivity index (χ4v) is 1.41. The van der Waals surface area contributed by atoms with Gasteiger partial charge in [-0.25, -0.2) is 4.79 Å². The first-order chi connectivity index (χ1) is 4.18. The van der Waals surface area contributed by atoms with E-state index in [0.717, 1.165) is 11.4 Å². The summed E-state index contributed by atoms with van der Waals surface area (Å²) in [6.07, 6.45) is 2.72. The molecule has 0 bridgehead atoms. The molecular formula is C3H6NO3PS. The van der Waals surface area contributed by atoms with Crippen molar-refractivity contribution in [2.45, 2.75) is 0 Å². The fourth-order valence-electron chi connectivity index (χ4n) is 0.206. The van der Waals surface area contributed by atoms with Gasteiger partial charge >= 0.3 is 6.72 Å². The van der Waals surface area contributed by atoms with Gasteiger partial charge in [0.1, 0.15) is 0 Å². The molecule has 1 atom stereocenters. The van der Waals surface area contributed by atoms with Crippen LogP contribution >= 0.6 is 18.1 Å². The highest BCUT2D eigenvalue weighted by molar-refractivity contribution is 8.55. The summed E-state index contributed by atoms with van der Waals surface area (Å²) in [5.41, 5.74) is 0. The van der Waals surface area contributed by atoms with Crippen LogP contribution in [0.4, 0.5) is 0 Å². The van der Waals surface area contributed by atoms with Gasteiger partial charge in [-0.05, 0) is 17.6 Å². The summed E-state index contributed by atoms with van der Waals surface area (Å²) >= 11 is 0.901. The highest BCUT2D eigenvalue weighted by Crippen LogP contribution is 2.58. The van der Waals surface area contributed by atoms with Crippen molar-refractivity contribution in [1.29, 1.82) is 0 Å². The molecule has 0 saturated heterocycles. The third-order valence-corrected chi connectivity index (χ3v) is 3.95. The predicted molar refractivity (Wildman–Crippen MR) is 36.3 cm³/mol. The number of isocyanates is 1. The van der Waals surface area contributed by atoms with Crippen molar-refractivity contribution in [3.63, 3.8) is 0 Å². The van der Waals surface area contributed by atoms with Crippen molar-refractivity contribution in [3.8, 4) is 0 Å². The monoisotopic (exact) mass is 167 g/mol. The van der Waals surface area contributed by atoms with Crippen LogP contribution in [-0.2, 0) is 13.9 Å². The first-order valence-corrected chi connectivity index (χ1v) is 5.40. The van der Waals surface area contributed by atoms with Gasteiger partial charge in [0, 0.05) is 7.11 Å². The lowest BCUT2D eigenvalue weighted by Crippen LogP contribution is -1.72. The third kappa shape index (κ3) is 2.82. The van der Waals surface area contributed by atoms with Gasteiger partial charge in [0.2, 0.25) is 6.08 Å². The summed E-state index contributed by atoms with van der Waals surface area (Å²) in [5.74, 6) is 0. The lowest BCUT2D eigenvalue weighted by Gasteiger charge is -2.01. The highest BCUT2D eigenvalue weighted by Gasteiger charge is 2.17. The number of nitrogens with zero attached hydrogens (tertiary/aromatic N) is 1. The number of carbonyl (C=O) groups excluding carboxylic acids is 1. The molecule has 0 heterocycles. The Labute approximate surface area is 56.9 Å². The lowest BCUT2D eigenvalue weighted by atomic mass is 11.7. The summed E-state index contributed by atoms with van der Waals surface area (Å²) in [4.78, 5) is 9.58. The minimum atomic E-state index is -3.06. The number of hydrogen-bond donors (Lipinski definition) is 0. The van der Waals surface area contributed by atoms with Crippen molar-refractivity contribution in [3.05, 3.63) is 0 Å². The van der Waals surface area contributed by atoms with Gasteiger partial charge in [-0.2, -0.15) is 0 Å². The van der Waals surface area contributed by atoms with E-state index in [0.29, 0.717) is 0 Å². The van der Waals surface area contributed by atoms with Gasteiger partial charge in [-0.1, -0.05) is 0 Å². The van der Waals surface area contributed by atoms with Gasteiger partial charge in [0.25, 0.3) is 0 Å². The molecule has 0 N–H and O–H groups in total. The quantitative estimate of drug-likeness (QED) is 0.362. The maximum atomic E-state index is 10.9. The van der Waals surface area contributed by atoms with E-state index in [9.17, 15) is 9.36 Å². The Morgan fingerprint density at radius 2 is 2.33 bits per heavy atom. The molecule has 0 fully saturated rings. The zero-order chi connectivity index (χ0) is 7.33. The number of rotatable bonds is 3. The second-order valence-corrected chi connectivity index (χ2v) is 5.37. The van der Waals surface area contributed by atoms with Gasteiger partial charge < -0.3 is 4.52 Å². The minimum absolute atomic E-state index is 0.901. The van der Waals surface area contributed by atoms with Crippen LogP contribution in [0.3, 0.4) is 0 Å². The molecule has 1 unspecified atom stereocenters. The second kappa shape index (κ2) is 3.85. The van der Waals surface area contributed by atoms with Crippen LogP contribution in [0.2, 0.25) is 0 Å². The predicted octanol–water partition coefficient (Wildman–Crippen LogP) is 1.44. The smallest absolute Gasteiger partial charge is 0.307 e. The molecule has 0 aromatic carbocycles. The zero-order valence-electron chi connectivity index (χ0n) is 5.03. The fraction of sp³-hybridized carbons (Fsp3) is 0.667. The van der Waals surface area contributed by atoms with Crippen LogP contribution in [0.25, 0.3) is 0 Å². The molecular weight excluding hydrogens is 161 g/mol. The Bertz CT molecular complexity index is 168. The molecule has 0 rings (SSSR count). The van der Waals surface area contributed by atoms with E-state index in [4.69, 9.17) is 0 Å². The molecule has 0 spiro atoms. The van der Waals surface area contributed by atoms with Crippen molar-refractivity contribution in [1.82, 2.24) is 0 Å².